The highest BCUT2D eigenvalue weighted by Gasteiger charge is 2.14. The summed E-state index contributed by atoms with van der Waals surface area (Å²) in [6, 6.07) is 22.0. The van der Waals surface area contributed by atoms with Crippen molar-refractivity contribution in [2.75, 3.05) is 25.1 Å². The Labute approximate surface area is 220 Å². The van der Waals surface area contributed by atoms with Crippen molar-refractivity contribution in [1.82, 2.24) is 10.7 Å². The smallest absolute Gasteiger partial charge is 0.287 e. The molecule has 0 radical (unpaired) electrons. The monoisotopic (exact) mass is 548 g/mol. The van der Waals surface area contributed by atoms with E-state index in [0.717, 1.165) is 28.8 Å². The largest absolute Gasteiger partial charge is 0.496 e. The molecule has 8 heteroatoms. The van der Waals surface area contributed by atoms with E-state index in [9.17, 15) is 9.59 Å². The van der Waals surface area contributed by atoms with Crippen molar-refractivity contribution in [1.29, 1.82) is 0 Å². The number of anilines is 1. The van der Waals surface area contributed by atoms with Gasteiger partial charge in [-0.05, 0) is 68.0 Å². The van der Waals surface area contributed by atoms with Gasteiger partial charge in [-0.25, -0.2) is 5.43 Å². The minimum Gasteiger partial charge on any atom is -0.496 e. The summed E-state index contributed by atoms with van der Waals surface area (Å²) in [6.07, 6.45) is 3.11. The van der Waals surface area contributed by atoms with Crippen LogP contribution in [0, 0.1) is 0 Å². The molecule has 3 aromatic carbocycles. The van der Waals surface area contributed by atoms with Crippen LogP contribution in [0.1, 0.15) is 35.3 Å². The molecule has 0 aliphatic rings. The number of methoxy groups -OCH3 is 1. The minimum absolute atomic E-state index is 0.0674. The molecule has 2 amide bonds. The molecule has 0 unspecified atom stereocenters. The molecule has 0 saturated heterocycles. The van der Waals surface area contributed by atoms with Crippen molar-refractivity contribution in [3.05, 3.63) is 99.7 Å². The highest BCUT2D eigenvalue weighted by molar-refractivity contribution is 9.10. The third-order valence-corrected chi connectivity index (χ3v) is 5.92. The fourth-order valence-electron chi connectivity index (χ4n) is 3.51. The van der Waals surface area contributed by atoms with Gasteiger partial charge in [0.2, 0.25) is 0 Å². The summed E-state index contributed by atoms with van der Waals surface area (Å²) in [4.78, 5) is 28.1. The number of hydrogen-bond donors (Lipinski definition) is 2. The summed E-state index contributed by atoms with van der Waals surface area (Å²) >= 11 is 3.41. The van der Waals surface area contributed by atoms with E-state index in [1.807, 2.05) is 42.5 Å². The second-order valence-corrected chi connectivity index (χ2v) is 8.64. The Kier molecular flexibility index (Phi) is 9.82. The van der Waals surface area contributed by atoms with Crippen molar-refractivity contribution in [2.24, 2.45) is 5.10 Å². The van der Waals surface area contributed by atoms with Gasteiger partial charge in [-0.1, -0.05) is 46.3 Å². The lowest BCUT2D eigenvalue weighted by Crippen LogP contribution is -2.32. The van der Waals surface area contributed by atoms with Crippen molar-refractivity contribution in [3.63, 3.8) is 0 Å². The number of nitrogens with one attached hydrogen (secondary N) is 2. The standard InChI is InChI=1S/C28H29BrN4O3/c1-4-33(5-2)24-14-11-20(12-15-24)17-25(31-27(34)21-9-7-6-8-10-21)28(35)32-30-19-22-18-23(29)13-16-26(22)36-3/h6-19H,4-5H2,1-3H3,(H,31,34)(H,32,35). The molecule has 186 valence electrons. The number of ether oxygens (including phenoxy) is 1. The average Bonchev–Trinajstić information content (AvgIpc) is 2.90. The summed E-state index contributed by atoms with van der Waals surface area (Å²) in [6.45, 7) is 5.99. The van der Waals surface area contributed by atoms with Gasteiger partial charge in [0.25, 0.3) is 11.8 Å². The molecule has 0 saturated carbocycles. The van der Waals surface area contributed by atoms with Crippen LogP contribution in [-0.2, 0) is 4.79 Å². The third kappa shape index (κ3) is 7.29. The number of amides is 2. The van der Waals surface area contributed by atoms with E-state index >= 15 is 0 Å². The first-order valence-corrected chi connectivity index (χ1v) is 12.3. The molecule has 0 atom stereocenters. The summed E-state index contributed by atoms with van der Waals surface area (Å²) in [7, 11) is 1.56. The maximum absolute atomic E-state index is 13.0. The van der Waals surface area contributed by atoms with Crippen LogP contribution in [0.3, 0.4) is 0 Å². The Bertz CT molecular complexity index is 1240. The van der Waals surface area contributed by atoms with Crippen molar-refractivity contribution >= 4 is 45.7 Å². The summed E-state index contributed by atoms with van der Waals surface area (Å²) in [5.74, 6) is -0.343. The van der Waals surface area contributed by atoms with Gasteiger partial charge in [-0.2, -0.15) is 5.10 Å². The van der Waals surface area contributed by atoms with Crippen LogP contribution in [0.2, 0.25) is 0 Å². The van der Waals surface area contributed by atoms with Crippen LogP contribution < -0.4 is 20.4 Å². The van der Waals surface area contributed by atoms with E-state index in [1.54, 1.807) is 43.5 Å². The summed E-state index contributed by atoms with van der Waals surface area (Å²) in [5, 5.41) is 6.78. The predicted octanol–water partition coefficient (Wildman–Crippen LogP) is 5.23. The van der Waals surface area contributed by atoms with E-state index in [2.05, 4.69) is 50.5 Å². The normalized spacial score (nSPS) is 11.3. The molecule has 0 bridgehead atoms. The lowest BCUT2D eigenvalue weighted by molar-refractivity contribution is -0.117. The van der Waals surface area contributed by atoms with Gasteiger partial charge in [-0.3, -0.25) is 9.59 Å². The molecule has 7 nitrogen and oxygen atoms in total. The van der Waals surface area contributed by atoms with E-state index in [4.69, 9.17) is 4.74 Å². The SMILES string of the molecule is CCN(CC)c1ccc(C=C(NC(=O)c2ccccc2)C(=O)NN=Cc2cc(Br)ccc2OC)cc1. The quantitative estimate of drug-likeness (QED) is 0.206. The zero-order valence-electron chi connectivity index (χ0n) is 20.5. The second kappa shape index (κ2) is 13.3. The number of hydrogen-bond acceptors (Lipinski definition) is 5. The molecule has 36 heavy (non-hydrogen) atoms. The first kappa shape index (κ1) is 26.7. The number of halogens is 1. The molecule has 0 heterocycles. The van der Waals surface area contributed by atoms with Crippen LogP contribution in [-0.4, -0.2) is 38.2 Å². The van der Waals surface area contributed by atoms with E-state index in [0.29, 0.717) is 16.9 Å². The van der Waals surface area contributed by atoms with Crippen LogP contribution in [0.25, 0.3) is 6.08 Å². The van der Waals surface area contributed by atoms with Gasteiger partial charge in [0.15, 0.2) is 0 Å². The lowest BCUT2D eigenvalue weighted by Gasteiger charge is -2.21. The van der Waals surface area contributed by atoms with Crippen molar-refractivity contribution < 1.29 is 14.3 Å². The number of rotatable bonds is 10. The van der Waals surface area contributed by atoms with E-state index < -0.39 is 11.8 Å². The Hall–Kier alpha value is -3.91. The fourth-order valence-corrected chi connectivity index (χ4v) is 3.88. The maximum atomic E-state index is 13.0. The molecule has 0 aliphatic carbocycles. The Morgan fingerprint density at radius 2 is 1.69 bits per heavy atom. The van der Waals surface area contributed by atoms with Gasteiger partial charge in [0.05, 0.1) is 13.3 Å². The molecule has 0 aliphatic heterocycles. The molecule has 3 rings (SSSR count). The van der Waals surface area contributed by atoms with Crippen LogP contribution in [0.5, 0.6) is 5.75 Å². The van der Waals surface area contributed by atoms with Crippen LogP contribution >= 0.6 is 15.9 Å². The zero-order chi connectivity index (χ0) is 25.9. The van der Waals surface area contributed by atoms with Gasteiger partial charge in [0, 0.05) is 34.4 Å². The Morgan fingerprint density at radius 3 is 2.33 bits per heavy atom. The number of hydrazone groups is 1. The Balaban J connectivity index is 1.85. The summed E-state index contributed by atoms with van der Waals surface area (Å²) < 4.78 is 6.18. The van der Waals surface area contributed by atoms with E-state index in [1.165, 1.54) is 6.21 Å². The highest BCUT2D eigenvalue weighted by atomic mass is 79.9. The molecule has 0 aromatic heterocycles. The highest BCUT2D eigenvalue weighted by Crippen LogP contribution is 2.21. The molecule has 0 fully saturated rings. The predicted molar refractivity (Wildman–Crippen MR) is 148 cm³/mol. The third-order valence-electron chi connectivity index (χ3n) is 5.42. The van der Waals surface area contributed by atoms with Gasteiger partial charge in [-0.15, -0.1) is 0 Å². The molecule has 2 N–H and O–H groups in total. The topological polar surface area (TPSA) is 83.0 Å². The number of nitrogens with zero attached hydrogens (tertiary/aromatic N) is 2. The van der Waals surface area contributed by atoms with Gasteiger partial charge in [0.1, 0.15) is 11.4 Å². The number of carbonyl (C=O) groups is 2. The molecular formula is C28H29BrN4O3. The average molecular weight is 549 g/mol. The van der Waals surface area contributed by atoms with E-state index in [-0.39, 0.29) is 5.70 Å². The van der Waals surface area contributed by atoms with Gasteiger partial charge < -0.3 is 15.0 Å². The second-order valence-electron chi connectivity index (χ2n) is 7.73. The van der Waals surface area contributed by atoms with Gasteiger partial charge >= 0.3 is 0 Å². The molecular weight excluding hydrogens is 520 g/mol. The zero-order valence-corrected chi connectivity index (χ0v) is 22.1. The van der Waals surface area contributed by atoms with Crippen molar-refractivity contribution in [3.8, 4) is 5.75 Å². The number of carbonyl (C=O) groups excluding carboxylic acids is 2. The Morgan fingerprint density at radius 1 is 1.00 bits per heavy atom. The van der Waals surface area contributed by atoms with Crippen LogP contribution in [0.4, 0.5) is 5.69 Å². The molecule has 3 aromatic rings. The lowest BCUT2D eigenvalue weighted by atomic mass is 10.1. The first-order chi connectivity index (χ1) is 17.4. The van der Waals surface area contributed by atoms with Crippen LogP contribution in [0.15, 0.2) is 88.1 Å². The van der Waals surface area contributed by atoms with Crippen molar-refractivity contribution in [2.45, 2.75) is 13.8 Å². The first-order valence-electron chi connectivity index (χ1n) is 11.5. The minimum atomic E-state index is -0.558. The maximum Gasteiger partial charge on any atom is 0.287 e. The fraction of sp³-hybridized carbons (Fsp3) is 0.179. The summed E-state index contributed by atoms with van der Waals surface area (Å²) in [5.41, 5.74) is 5.53. The number of benzene rings is 3. The molecule has 0 spiro atoms.